The van der Waals surface area contributed by atoms with Crippen LogP contribution in [0.2, 0.25) is 0 Å². The first-order valence-electron chi connectivity index (χ1n) is 10.6. The first kappa shape index (κ1) is 19.2. The number of aromatic nitrogens is 1. The molecule has 1 atom stereocenters. The van der Waals surface area contributed by atoms with Crippen molar-refractivity contribution in [3.63, 3.8) is 0 Å². The molecule has 0 saturated carbocycles. The number of urea groups is 1. The lowest BCUT2D eigenvalue weighted by Crippen LogP contribution is -2.38. The van der Waals surface area contributed by atoms with Crippen LogP contribution >= 0.6 is 0 Å². The normalized spacial score (nSPS) is 15.0. The molecule has 0 unspecified atom stereocenters. The number of nitrogens with zero attached hydrogens (tertiary/aromatic N) is 2. The molecule has 154 valence electrons. The predicted octanol–water partition coefficient (Wildman–Crippen LogP) is 6.23. The molecule has 1 N–H and O–H groups in total. The average Bonchev–Trinajstić information content (AvgIpc) is 3.20. The molecule has 0 bridgehead atoms. The van der Waals surface area contributed by atoms with E-state index < -0.39 is 0 Å². The number of hydrogen-bond acceptors (Lipinski definition) is 1. The second kappa shape index (κ2) is 7.80. The molecular weight excluding hydrogens is 382 g/mol. The van der Waals surface area contributed by atoms with Gasteiger partial charge in [0.05, 0.1) is 18.3 Å². The summed E-state index contributed by atoms with van der Waals surface area (Å²) < 4.78 is 2.21. The summed E-state index contributed by atoms with van der Waals surface area (Å²) in [4.78, 5) is 15.6. The summed E-state index contributed by atoms with van der Waals surface area (Å²) in [6, 6.07) is 28.5. The molecule has 31 heavy (non-hydrogen) atoms. The molecular formula is C27H25N3O. The van der Waals surface area contributed by atoms with Crippen LogP contribution in [0.5, 0.6) is 0 Å². The molecule has 0 saturated heterocycles. The lowest BCUT2D eigenvalue weighted by molar-refractivity contribution is 0.194. The number of fused-ring (bicyclic) bond motifs is 3. The Labute approximate surface area is 182 Å². The van der Waals surface area contributed by atoms with E-state index in [-0.39, 0.29) is 12.1 Å². The van der Waals surface area contributed by atoms with Gasteiger partial charge in [-0.2, -0.15) is 0 Å². The van der Waals surface area contributed by atoms with Crippen molar-refractivity contribution in [3.8, 4) is 5.69 Å². The van der Waals surface area contributed by atoms with Crippen molar-refractivity contribution >= 4 is 11.7 Å². The molecule has 3 aromatic carbocycles. The van der Waals surface area contributed by atoms with Gasteiger partial charge in [-0.3, -0.25) is 0 Å². The van der Waals surface area contributed by atoms with E-state index in [1.165, 1.54) is 5.56 Å². The number of nitrogens with one attached hydrogen (secondary N) is 1. The van der Waals surface area contributed by atoms with E-state index in [0.717, 1.165) is 33.8 Å². The Morgan fingerprint density at radius 3 is 2.48 bits per heavy atom. The van der Waals surface area contributed by atoms with Crippen molar-refractivity contribution < 1.29 is 4.79 Å². The van der Waals surface area contributed by atoms with Crippen LogP contribution in [0.1, 0.15) is 34.0 Å². The van der Waals surface area contributed by atoms with Crippen LogP contribution in [0.4, 0.5) is 10.5 Å². The van der Waals surface area contributed by atoms with Gasteiger partial charge in [0.1, 0.15) is 0 Å². The highest BCUT2D eigenvalue weighted by molar-refractivity contribution is 5.91. The third-order valence-corrected chi connectivity index (χ3v) is 5.96. The minimum Gasteiger partial charge on any atom is -0.318 e. The van der Waals surface area contributed by atoms with Gasteiger partial charge in [0.2, 0.25) is 0 Å². The van der Waals surface area contributed by atoms with E-state index in [1.807, 2.05) is 60.4 Å². The Balaban J connectivity index is 1.62. The molecule has 0 radical (unpaired) electrons. The van der Waals surface area contributed by atoms with Gasteiger partial charge in [-0.1, -0.05) is 66.2 Å². The maximum atomic E-state index is 13.7. The van der Waals surface area contributed by atoms with Gasteiger partial charge >= 0.3 is 6.03 Å². The zero-order chi connectivity index (χ0) is 21.4. The molecule has 0 aliphatic carbocycles. The SMILES string of the molecule is Cc1ccc(NC(=O)N2Cc3ccccc3-n3cccc3[C@@H]2c2ccccc2)c(C)c1. The van der Waals surface area contributed by atoms with E-state index >= 15 is 0 Å². The Morgan fingerprint density at radius 2 is 1.68 bits per heavy atom. The third-order valence-electron chi connectivity index (χ3n) is 5.96. The highest BCUT2D eigenvalue weighted by Crippen LogP contribution is 2.37. The monoisotopic (exact) mass is 407 g/mol. The van der Waals surface area contributed by atoms with Crippen molar-refractivity contribution in [1.29, 1.82) is 0 Å². The smallest absolute Gasteiger partial charge is 0.318 e. The second-order valence-corrected chi connectivity index (χ2v) is 8.12. The molecule has 1 aliphatic rings. The number of benzene rings is 3. The Kier molecular flexibility index (Phi) is 4.83. The molecule has 5 rings (SSSR count). The first-order valence-corrected chi connectivity index (χ1v) is 10.6. The number of amides is 2. The maximum absolute atomic E-state index is 13.7. The summed E-state index contributed by atoms with van der Waals surface area (Å²) in [5.41, 5.74) is 7.48. The van der Waals surface area contributed by atoms with Crippen molar-refractivity contribution in [3.05, 3.63) is 119 Å². The zero-order valence-corrected chi connectivity index (χ0v) is 17.7. The van der Waals surface area contributed by atoms with Gasteiger partial charge in [-0.15, -0.1) is 0 Å². The van der Waals surface area contributed by atoms with E-state index in [4.69, 9.17) is 0 Å². The van der Waals surface area contributed by atoms with Crippen LogP contribution in [0.25, 0.3) is 5.69 Å². The molecule has 0 spiro atoms. The standard InChI is InChI=1S/C27H25N3O/c1-19-14-15-23(20(2)17-19)28-27(31)30-18-22-11-6-7-12-24(22)29-16-8-13-25(29)26(30)21-9-4-3-5-10-21/h3-17,26H,18H2,1-2H3,(H,28,31)/t26-/m0/s1. The fraction of sp³-hybridized carbons (Fsp3) is 0.148. The molecule has 4 heteroatoms. The number of para-hydroxylation sites is 1. The van der Waals surface area contributed by atoms with Crippen LogP contribution < -0.4 is 5.32 Å². The highest BCUT2D eigenvalue weighted by atomic mass is 16.2. The van der Waals surface area contributed by atoms with Crippen molar-refractivity contribution in [2.45, 2.75) is 26.4 Å². The van der Waals surface area contributed by atoms with Gasteiger partial charge in [0.15, 0.2) is 0 Å². The van der Waals surface area contributed by atoms with E-state index in [9.17, 15) is 4.79 Å². The summed E-state index contributed by atoms with van der Waals surface area (Å²) >= 11 is 0. The summed E-state index contributed by atoms with van der Waals surface area (Å²) in [7, 11) is 0. The fourth-order valence-corrected chi connectivity index (χ4v) is 4.47. The van der Waals surface area contributed by atoms with Crippen LogP contribution in [0.3, 0.4) is 0 Å². The fourth-order valence-electron chi connectivity index (χ4n) is 4.47. The third kappa shape index (κ3) is 3.50. The maximum Gasteiger partial charge on any atom is 0.322 e. The number of aryl methyl sites for hydroxylation is 2. The van der Waals surface area contributed by atoms with Crippen LogP contribution in [0.15, 0.2) is 91.1 Å². The van der Waals surface area contributed by atoms with Crippen LogP contribution in [-0.4, -0.2) is 15.5 Å². The van der Waals surface area contributed by atoms with Gasteiger partial charge in [0, 0.05) is 17.6 Å². The number of rotatable bonds is 2. The Bertz CT molecular complexity index is 1240. The summed E-state index contributed by atoms with van der Waals surface area (Å²) in [6.07, 6.45) is 2.08. The van der Waals surface area contributed by atoms with Gasteiger partial charge in [-0.05, 0) is 54.8 Å². The predicted molar refractivity (Wildman–Crippen MR) is 125 cm³/mol. The minimum atomic E-state index is -0.200. The van der Waals surface area contributed by atoms with Crippen molar-refractivity contribution in [2.75, 3.05) is 5.32 Å². The van der Waals surface area contributed by atoms with Gasteiger partial charge < -0.3 is 14.8 Å². The first-order chi connectivity index (χ1) is 15.1. The van der Waals surface area contributed by atoms with Gasteiger partial charge in [-0.25, -0.2) is 4.79 Å². The molecule has 2 heterocycles. The van der Waals surface area contributed by atoms with Gasteiger partial charge in [0.25, 0.3) is 0 Å². The second-order valence-electron chi connectivity index (χ2n) is 8.12. The minimum absolute atomic E-state index is 0.106. The molecule has 2 amide bonds. The quantitative estimate of drug-likeness (QED) is 0.420. The zero-order valence-electron chi connectivity index (χ0n) is 17.7. The van der Waals surface area contributed by atoms with E-state index in [0.29, 0.717) is 6.54 Å². The molecule has 1 aromatic heterocycles. The van der Waals surface area contributed by atoms with Crippen molar-refractivity contribution in [2.24, 2.45) is 0 Å². The lowest BCUT2D eigenvalue weighted by atomic mass is 10.0. The Morgan fingerprint density at radius 1 is 0.903 bits per heavy atom. The number of carbonyl (C=O) groups excluding carboxylic acids is 1. The Hall–Kier alpha value is -3.79. The number of carbonyl (C=O) groups is 1. The lowest BCUT2D eigenvalue weighted by Gasteiger charge is -2.31. The van der Waals surface area contributed by atoms with E-state index in [1.54, 1.807) is 0 Å². The average molecular weight is 408 g/mol. The molecule has 4 nitrogen and oxygen atoms in total. The van der Waals surface area contributed by atoms with Crippen LogP contribution in [0, 0.1) is 13.8 Å². The summed E-state index contributed by atoms with van der Waals surface area (Å²) in [6.45, 7) is 4.61. The highest BCUT2D eigenvalue weighted by Gasteiger charge is 2.32. The number of anilines is 1. The van der Waals surface area contributed by atoms with Crippen LogP contribution in [-0.2, 0) is 6.54 Å². The van der Waals surface area contributed by atoms with Crippen molar-refractivity contribution in [1.82, 2.24) is 9.47 Å². The van der Waals surface area contributed by atoms with E-state index in [2.05, 4.69) is 59.4 Å². The molecule has 4 aromatic rings. The summed E-state index contributed by atoms with van der Waals surface area (Å²) in [5.74, 6) is 0. The topological polar surface area (TPSA) is 37.3 Å². The number of hydrogen-bond donors (Lipinski definition) is 1. The summed E-state index contributed by atoms with van der Waals surface area (Å²) in [5, 5.41) is 3.17. The largest absolute Gasteiger partial charge is 0.322 e. The molecule has 0 fully saturated rings. The molecule has 1 aliphatic heterocycles.